The predicted molar refractivity (Wildman–Crippen MR) is 83.1 cm³/mol. The van der Waals surface area contributed by atoms with Crippen LogP contribution in [-0.2, 0) is 16.7 Å². The van der Waals surface area contributed by atoms with Crippen LogP contribution in [0.5, 0.6) is 0 Å². The van der Waals surface area contributed by atoms with Gasteiger partial charge in [0.2, 0.25) is 0 Å². The van der Waals surface area contributed by atoms with Crippen molar-refractivity contribution in [2.75, 3.05) is 13.1 Å². The van der Waals surface area contributed by atoms with Crippen molar-refractivity contribution in [3.63, 3.8) is 0 Å². The molecule has 1 aliphatic heterocycles. The molecule has 1 saturated heterocycles. The molecule has 2 rings (SSSR count). The molecule has 0 aliphatic carbocycles. The number of carboxylic acids is 1. The van der Waals surface area contributed by atoms with Gasteiger partial charge in [-0.1, -0.05) is 20.8 Å². The molecule has 0 radical (unpaired) electrons. The Bertz CT molecular complexity index is 511. The molecule has 1 N–H and O–H groups in total. The van der Waals surface area contributed by atoms with Crippen molar-refractivity contribution in [2.45, 2.75) is 58.8 Å². The fourth-order valence-electron chi connectivity index (χ4n) is 2.69. The zero-order chi connectivity index (χ0) is 15.8. The van der Waals surface area contributed by atoms with Crippen LogP contribution in [0.4, 0.5) is 0 Å². The number of carboxylic acid groups (broad SMARTS) is 1. The minimum absolute atomic E-state index is 0.203. The minimum Gasteiger partial charge on any atom is -0.477 e. The highest BCUT2D eigenvalue weighted by Crippen LogP contribution is 2.30. The quantitative estimate of drug-likeness (QED) is 0.930. The summed E-state index contributed by atoms with van der Waals surface area (Å²) in [6, 6.07) is 0. The molecule has 6 heteroatoms. The van der Waals surface area contributed by atoms with E-state index in [1.165, 1.54) is 11.3 Å². The van der Waals surface area contributed by atoms with Gasteiger partial charge in [0.1, 0.15) is 9.88 Å². The van der Waals surface area contributed by atoms with Gasteiger partial charge in [-0.15, -0.1) is 11.3 Å². The lowest BCUT2D eigenvalue weighted by molar-refractivity contribution is -0.0705. The summed E-state index contributed by atoms with van der Waals surface area (Å²) in [5, 5.41) is 10.2. The average molecular weight is 312 g/mol. The van der Waals surface area contributed by atoms with E-state index in [9.17, 15) is 9.90 Å². The Kier molecular flexibility index (Phi) is 4.70. The zero-order valence-electron chi connectivity index (χ0n) is 13.3. The van der Waals surface area contributed by atoms with Gasteiger partial charge in [0.05, 0.1) is 24.4 Å². The number of aromatic carboxylic acids is 1. The second-order valence-corrected chi connectivity index (χ2v) is 7.88. The number of hydrogen-bond donors (Lipinski definition) is 1. The molecular formula is C15H24N2O3S. The normalized spacial score (nSPS) is 24.2. The van der Waals surface area contributed by atoms with E-state index >= 15 is 0 Å². The highest BCUT2D eigenvalue weighted by molar-refractivity contribution is 7.13. The first kappa shape index (κ1) is 16.4. The van der Waals surface area contributed by atoms with Crippen molar-refractivity contribution in [3.05, 3.63) is 15.6 Å². The summed E-state index contributed by atoms with van der Waals surface area (Å²) in [6.07, 6.45) is 0.407. The number of morpholine rings is 1. The lowest BCUT2D eigenvalue weighted by atomic mass is 9.91. The molecule has 2 heterocycles. The van der Waals surface area contributed by atoms with Crippen molar-refractivity contribution < 1.29 is 14.6 Å². The lowest BCUT2D eigenvalue weighted by Gasteiger charge is -2.34. The molecule has 5 nitrogen and oxygen atoms in total. The van der Waals surface area contributed by atoms with Crippen LogP contribution in [0.3, 0.4) is 0 Å². The standard InChI is InChI=1S/C15H24N2O3S/c1-9-6-17(7-10(2)20-9)8-11-16-13(15(3,4)5)12(21-11)14(18)19/h9-10H,6-8H2,1-5H3,(H,18,19). The van der Waals surface area contributed by atoms with E-state index in [-0.39, 0.29) is 17.6 Å². The molecule has 2 atom stereocenters. The molecule has 1 fully saturated rings. The number of aromatic nitrogens is 1. The number of ether oxygens (including phenoxy) is 1. The summed E-state index contributed by atoms with van der Waals surface area (Å²) >= 11 is 1.30. The van der Waals surface area contributed by atoms with E-state index in [1.54, 1.807) is 0 Å². The maximum Gasteiger partial charge on any atom is 0.347 e. The highest BCUT2D eigenvalue weighted by Gasteiger charge is 2.28. The first-order valence-corrected chi connectivity index (χ1v) is 8.09. The molecule has 118 valence electrons. The Hall–Kier alpha value is -0.980. The molecule has 2 unspecified atom stereocenters. The van der Waals surface area contributed by atoms with Gasteiger partial charge in [0.25, 0.3) is 0 Å². The molecule has 0 bridgehead atoms. The van der Waals surface area contributed by atoms with Crippen molar-refractivity contribution in [3.8, 4) is 0 Å². The van der Waals surface area contributed by atoms with Crippen LogP contribution in [0, 0.1) is 0 Å². The Balaban J connectivity index is 2.19. The van der Waals surface area contributed by atoms with E-state index < -0.39 is 5.97 Å². The second kappa shape index (κ2) is 6.02. The maximum atomic E-state index is 11.4. The molecule has 0 spiro atoms. The Labute approximate surface area is 129 Å². The first-order valence-electron chi connectivity index (χ1n) is 7.28. The van der Waals surface area contributed by atoms with E-state index in [2.05, 4.69) is 23.7 Å². The van der Waals surface area contributed by atoms with Gasteiger partial charge in [-0.05, 0) is 13.8 Å². The van der Waals surface area contributed by atoms with Crippen molar-refractivity contribution in [1.29, 1.82) is 0 Å². The molecule has 21 heavy (non-hydrogen) atoms. The summed E-state index contributed by atoms with van der Waals surface area (Å²) in [5.74, 6) is -0.882. The van der Waals surface area contributed by atoms with Crippen LogP contribution in [-0.4, -0.2) is 46.3 Å². The SMILES string of the molecule is CC1CN(Cc2nc(C(C)(C)C)c(C(=O)O)s2)CC(C)O1. The van der Waals surface area contributed by atoms with Crippen LogP contribution in [0.25, 0.3) is 0 Å². The van der Waals surface area contributed by atoms with E-state index in [0.717, 1.165) is 18.1 Å². The average Bonchev–Trinajstić information content (AvgIpc) is 2.71. The van der Waals surface area contributed by atoms with Gasteiger partial charge in [0.15, 0.2) is 0 Å². The van der Waals surface area contributed by atoms with Gasteiger partial charge < -0.3 is 9.84 Å². The lowest BCUT2D eigenvalue weighted by Crippen LogP contribution is -2.44. The van der Waals surface area contributed by atoms with Crippen molar-refractivity contribution in [1.82, 2.24) is 9.88 Å². The topological polar surface area (TPSA) is 62.7 Å². The Morgan fingerprint density at radius 3 is 2.38 bits per heavy atom. The predicted octanol–water partition coefficient (Wildman–Crippen LogP) is 2.75. The maximum absolute atomic E-state index is 11.4. The molecule has 1 aromatic heterocycles. The van der Waals surface area contributed by atoms with E-state index in [4.69, 9.17) is 4.74 Å². The monoisotopic (exact) mass is 312 g/mol. The summed E-state index contributed by atoms with van der Waals surface area (Å²) < 4.78 is 5.72. The van der Waals surface area contributed by atoms with Gasteiger partial charge in [-0.2, -0.15) is 0 Å². The van der Waals surface area contributed by atoms with Crippen LogP contribution in [0.15, 0.2) is 0 Å². The van der Waals surface area contributed by atoms with Gasteiger partial charge in [-0.25, -0.2) is 9.78 Å². The van der Waals surface area contributed by atoms with Gasteiger partial charge in [-0.3, -0.25) is 4.90 Å². The minimum atomic E-state index is -0.882. The smallest absolute Gasteiger partial charge is 0.347 e. The zero-order valence-corrected chi connectivity index (χ0v) is 14.2. The fourth-order valence-corrected chi connectivity index (χ4v) is 3.85. The molecule has 1 aliphatic rings. The van der Waals surface area contributed by atoms with Gasteiger partial charge >= 0.3 is 5.97 Å². The van der Waals surface area contributed by atoms with Crippen LogP contribution in [0.1, 0.15) is 55.0 Å². The third kappa shape index (κ3) is 4.02. The Morgan fingerprint density at radius 2 is 1.95 bits per heavy atom. The molecular weight excluding hydrogens is 288 g/mol. The van der Waals surface area contributed by atoms with Crippen LogP contribution < -0.4 is 0 Å². The van der Waals surface area contributed by atoms with Crippen molar-refractivity contribution in [2.24, 2.45) is 0 Å². The van der Waals surface area contributed by atoms with Crippen molar-refractivity contribution >= 4 is 17.3 Å². The number of thiazole rings is 1. The largest absolute Gasteiger partial charge is 0.477 e. The molecule has 0 saturated carbocycles. The van der Waals surface area contributed by atoms with E-state index in [1.807, 2.05) is 20.8 Å². The number of nitrogens with zero attached hydrogens (tertiary/aromatic N) is 2. The fraction of sp³-hybridized carbons (Fsp3) is 0.733. The first-order chi connectivity index (χ1) is 9.66. The number of hydrogen-bond acceptors (Lipinski definition) is 5. The molecule has 0 amide bonds. The number of rotatable bonds is 3. The molecule has 1 aromatic rings. The summed E-state index contributed by atoms with van der Waals surface area (Å²) in [7, 11) is 0. The molecule has 0 aromatic carbocycles. The summed E-state index contributed by atoms with van der Waals surface area (Å²) in [5.41, 5.74) is 0.429. The highest BCUT2D eigenvalue weighted by atomic mass is 32.1. The van der Waals surface area contributed by atoms with Crippen LogP contribution in [0.2, 0.25) is 0 Å². The number of carbonyl (C=O) groups is 1. The van der Waals surface area contributed by atoms with Gasteiger partial charge in [0, 0.05) is 18.5 Å². The second-order valence-electron chi connectivity index (χ2n) is 6.79. The van der Waals surface area contributed by atoms with Crippen LogP contribution >= 0.6 is 11.3 Å². The Morgan fingerprint density at radius 1 is 1.38 bits per heavy atom. The van der Waals surface area contributed by atoms with E-state index in [0.29, 0.717) is 17.1 Å². The summed E-state index contributed by atoms with van der Waals surface area (Å²) in [6.45, 7) is 12.5. The third-order valence-corrected chi connectivity index (χ3v) is 4.46. The summed E-state index contributed by atoms with van der Waals surface area (Å²) in [4.78, 5) is 18.7. The third-order valence-electron chi connectivity index (χ3n) is 3.43.